The molecule has 1 unspecified atom stereocenters. The maximum atomic E-state index is 5.41. The molecule has 3 nitrogen and oxygen atoms in total. The van der Waals surface area contributed by atoms with E-state index in [0.29, 0.717) is 12.5 Å². The van der Waals surface area contributed by atoms with E-state index in [1.807, 2.05) is 19.1 Å². The van der Waals surface area contributed by atoms with Crippen molar-refractivity contribution in [3.63, 3.8) is 0 Å². The summed E-state index contributed by atoms with van der Waals surface area (Å²) in [5.41, 5.74) is 4.23. The lowest BCUT2D eigenvalue weighted by atomic mass is 10.1. The number of benzene rings is 1. The Morgan fingerprint density at radius 3 is 2.29 bits per heavy atom. The predicted molar refractivity (Wildman–Crippen MR) is 70.0 cm³/mol. The fraction of sp³-hybridized carbons (Fsp3) is 0.571. The molecule has 17 heavy (non-hydrogen) atoms. The van der Waals surface area contributed by atoms with E-state index < -0.39 is 0 Å². The highest BCUT2D eigenvalue weighted by atomic mass is 16.6. The van der Waals surface area contributed by atoms with Gasteiger partial charge in [-0.15, -0.1) is 0 Å². The van der Waals surface area contributed by atoms with Gasteiger partial charge in [-0.3, -0.25) is 0 Å². The SMILES string of the molecule is CCOc1ccc(C(C)NOCC(C)C)cc1. The molecule has 0 radical (unpaired) electrons. The Labute approximate surface area is 104 Å². The molecule has 0 fully saturated rings. The molecule has 0 saturated carbocycles. The maximum Gasteiger partial charge on any atom is 0.119 e. The Morgan fingerprint density at radius 1 is 1.12 bits per heavy atom. The van der Waals surface area contributed by atoms with Crippen LogP contribution in [0.1, 0.15) is 39.3 Å². The molecule has 0 amide bonds. The summed E-state index contributed by atoms with van der Waals surface area (Å²) in [5, 5.41) is 0. The molecule has 0 spiro atoms. The van der Waals surface area contributed by atoms with Gasteiger partial charge in [0.25, 0.3) is 0 Å². The first-order valence-corrected chi connectivity index (χ1v) is 6.23. The van der Waals surface area contributed by atoms with Crippen molar-refractivity contribution in [2.24, 2.45) is 5.92 Å². The minimum atomic E-state index is 0.185. The Hall–Kier alpha value is -1.06. The lowest BCUT2D eigenvalue weighted by Gasteiger charge is -2.15. The smallest absolute Gasteiger partial charge is 0.119 e. The summed E-state index contributed by atoms with van der Waals surface area (Å²) < 4.78 is 5.40. The fourth-order valence-electron chi connectivity index (χ4n) is 1.43. The number of hydrogen-bond acceptors (Lipinski definition) is 3. The standard InChI is InChI=1S/C14H23NO2/c1-5-16-14-8-6-13(7-9-14)12(4)15-17-10-11(2)3/h6-9,11-12,15H,5,10H2,1-4H3. The van der Waals surface area contributed by atoms with Gasteiger partial charge in [0.05, 0.1) is 19.3 Å². The molecule has 3 heteroatoms. The lowest BCUT2D eigenvalue weighted by molar-refractivity contribution is 0.00408. The summed E-state index contributed by atoms with van der Waals surface area (Å²) in [4.78, 5) is 5.41. The first-order valence-electron chi connectivity index (χ1n) is 6.23. The van der Waals surface area contributed by atoms with Crippen molar-refractivity contribution in [1.82, 2.24) is 5.48 Å². The van der Waals surface area contributed by atoms with Gasteiger partial charge in [0.2, 0.25) is 0 Å². The summed E-state index contributed by atoms with van der Waals surface area (Å²) in [7, 11) is 0. The molecule has 1 atom stereocenters. The zero-order chi connectivity index (χ0) is 12.7. The van der Waals surface area contributed by atoms with E-state index in [2.05, 4.69) is 38.4 Å². The topological polar surface area (TPSA) is 30.5 Å². The second kappa shape index (κ2) is 7.30. The van der Waals surface area contributed by atoms with Crippen molar-refractivity contribution in [1.29, 1.82) is 0 Å². The Bertz CT molecular complexity index is 309. The largest absolute Gasteiger partial charge is 0.494 e. The molecule has 1 N–H and O–H groups in total. The summed E-state index contributed by atoms with van der Waals surface area (Å²) in [5.74, 6) is 1.45. The van der Waals surface area contributed by atoms with Gasteiger partial charge in [0.15, 0.2) is 0 Å². The summed E-state index contributed by atoms with van der Waals surface area (Å²) in [6.45, 7) is 9.74. The van der Waals surface area contributed by atoms with E-state index >= 15 is 0 Å². The van der Waals surface area contributed by atoms with Crippen molar-refractivity contribution in [2.45, 2.75) is 33.7 Å². The Kier molecular flexibility index (Phi) is 6.01. The highest BCUT2D eigenvalue weighted by Crippen LogP contribution is 2.17. The lowest BCUT2D eigenvalue weighted by Crippen LogP contribution is -2.21. The van der Waals surface area contributed by atoms with Crippen LogP contribution in [-0.2, 0) is 4.84 Å². The van der Waals surface area contributed by atoms with Crippen molar-refractivity contribution >= 4 is 0 Å². The van der Waals surface area contributed by atoms with Crippen LogP contribution in [0.5, 0.6) is 5.75 Å². The van der Waals surface area contributed by atoms with Gasteiger partial charge in [-0.2, -0.15) is 5.48 Å². The van der Waals surface area contributed by atoms with Gasteiger partial charge in [-0.25, -0.2) is 0 Å². The highest BCUT2D eigenvalue weighted by molar-refractivity contribution is 5.28. The minimum Gasteiger partial charge on any atom is -0.494 e. The number of nitrogens with one attached hydrogen (secondary N) is 1. The van der Waals surface area contributed by atoms with Crippen LogP contribution in [-0.4, -0.2) is 13.2 Å². The minimum absolute atomic E-state index is 0.185. The summed E-state index contributed by atoms with van der Waals surface area (Å²) in [6, 6.07) is 8.27. The van der Waals surface area contributed by atoms with Gasteiger partial charge in [-0.1, -0.05) is 26.0 Å². The van der Waals surface area contributed by atoms with Crippen LogP contribution >= 0.6 is 0 Å². The van der Waals surface area contributed by atoms with Crippen LogP contribution in [0.25, 0.3) is 0 Å². The van der Waals surface area contributed by atoms with E-state index in [9.17, 15) is 0 Å². The van der Waals surface area contributed by atoms with E-state index in [0.717, 1.165) is 12.4 Å². The number of hydrogen-bond donors (Lipinski definition) is 1. The van der Waals surface area contributed by atoms with Crippen LogP contribution in [0.15, 0.2) is 24.3 Å². The van der Waals surface area contributed by atoms with Crippen LogP contribution in [0, 0.1) is 5.92 Å². The summed E-state index contributed by atoms with van der Waals surface area (Å²) >= 11 is 0. The number of rotatable bonds is 7. The van der Waals surface area contributed by atoms with E-state index in [1.165, 1.54) is 5.56 Å². The molecule has 0 aliphatic heterocycles. The maximum absolute atomic E-state index is 5.41. The molecule has 1 rings (SSSR count). The van der Waals surface area contributed by atoms with Gasteiger partial charge in [-0.05, 0) is 37.5 Å². The monoisotopic (exact) mass is 237 g/mol. The number of hydroxylamine groups is 1. The van der Waals surface area contributed by atoms with E-state index in [-0.39, 0.29) is 6.04 Å². The second-order valence-corrected chi connectivity index (χ2v) is 4.55. The third-order valence-electron chi connectivity index (χ3n) is 2.37. The molecule has 0 aliphatic rings. The molecular formula is C14H23NO2. The van der Waals surface area contributed by atoms with Crippen LogP contribution in [0.2, 0.25) is 0 Å². The zero-order valence-corrected chi connectivity index (χ0v) is 11.2. The normalized spacial score (nSPS) is 12.8. The second-order valence-electron chi connectivity index (χ2n) is 4.55. The van der Waals surface area contributed by atoms with Gasteiger partial charge >= 0.3 is 0 Å². The molecule has 1 aromatic rings. The molecule has 0 aliphatic carbocycles. The highest BCUT2D eigenvalue weighted by Gasteiger charge is 2.05. The first kappa shape index (κ1) is 14.0. The molecule has 0 heterocycles. The van der Waals surface area contributed by atoms with Crippen molar-refractivity contribution in [2.75, 3.05) is 13.2 Å². The van der Waals surface area contributed by atoms with Crippen LogP contribution in [0.4, 0.5) is 0 Å². The zero-order valence-electron chi connectivity index (χ0n) is 11.2. The average molecular weight is 237 g/mol. The van der Waals surface area contributed by atoms with Gasteiger partial charge in [0, 0.05) is 0 Å². The Morgan fingerprint density at radius 2 is 1.76 bits per heavy atom. The van der Waals surface area contributed by atoms with Crippen LogP contribution < -0.4 is 10.2 Å². The molecule has 0 saturated heterocycles. The van der Waals surface area contributed by atoms with E-state index in [1.54, 1.807) is 0 Å². The van der Waals surface area contributed by atoms with Crippen molar-refractivity contribution in [3.8, 4) is 5.75 Å². The third-order valence-corrected chi connectivity index (χ3v) is 2.37. The molecule has 0 bridgehead atoms. The van der Waals surface area contributed by atoms with Crippen molar-refractivity contribution < 1.29 is 9.57 Å². The van der Waals surface area contributed by atoms with Crippen molar-refractivity contribution in [3.05, 3.63) is 29.8 Å². The molecule has 0 aromatic heterocycles. The summed E-state index contributed by atoms with van der Waals surface area (Å²) in [6.07, 6.45) is 0. The Balaban J connectivity index is 2.43. The van der Waals surface area contributed by atoms with E-state index in [4.69, 9.17) is 9.57 Å². The molecule has 96 valence electrons. The fourth-order valence-corrected chi connectivity index (χ4v) is 1.43. The number of ether oxygens (including phenoxy) is 1. The first-order chi connectivity index (χ1) is 8.13. The van der Waals surface area contributed by atoms with Gasteiger partial charge < -0.3 is 9.57 Å². The van der Waals surface area contributed by atoms with Gasteiger partial charge in [0.1, 0.15) is 5.75 Å². The van der Waals surface area contributed by atoms with Crippen LogP contribution in [0.3, 0.4) is 0 Å². The molecule has 1 aromatic carbocycles. The quantitative estimate of drug-likeness (QED) is 0.738. The third kappa shape index (κ3) is 5.20. The average Bonchev–Trinajstić information content (AvgIpc) is 2.30. The predicted octanol–water partition coefficient (Wildman–Crippen LogP) is 3.32. The molecular weight excluding hydrogens is 214 g/mol.